The maximum atomic E-state index is 11.8. The molecular weight excluding hydrogens is 218 g/mol. The van der Waals surface area contributed by atoms with Gasteiger partial charge in [-0.15, -0.1) is 0 Å². The first-order valence-electron chi connectivity index (χ1n) is 6.51. The van der Waals surface area contributed by atoms with E-state index < -0.39 is 0 Å². The van der Waals surface area contributed by atoms with Gasteiger partial charge in [0.25, 0.3) is 0 Å². The van der Waals surface area contributed by atoms with Crippen molar-refractivity contribution in [2.75, 3.05) is 12.3 Å². The molecule has 0 bridgehead atoms. The summed E-state index contributed by atoms with van der Waals surface area (Å²) in [6, 6.07) is 0. The summed E-state index contributed by atoms with van der Waals surface area (Å²) in [6.07, 6.45) is 6.98. The summed E-state index contributed by atoms with van der Waals surface area (Å²) < 4.78 is 0. The van der Waals surface area contributed by atoms with Crippen LogP contribution in [0.3, 0.4) is 0 Å². The Morgan fingerprint density at radius 1 is 1.44 bits per heavy atom. The molecule has 2 unspecified atom stereocenters. The number of thiol groups is 1. The van der Waals surface area contributed by atoms with Gasteiger partial charge in [0.2, 0.25) is 5.91 Å². The molecule has 2 aliphatic carbocycles. The lowest BCUT2D eigenvalue weighted by Crippen LogP contribution is -2.30. The lowest BCUT2D eigenvalue weighted by molar-refractivity contribution is -0.122. The molecule has 2 aliphatic rings. The van der Waals surface area contributed by atoms with Crippen molar-refractivity contribution < 1.29 is 4.79 Å². The highest BCUT2D eigenvalue weighted by atomic mass is 32.1. The molecule has 2 atom stereocenters. The number of hydrogen-bond donors (Lipinski definition) is 2. The predicted molar refractivity (Wildman–Crippen MR) is 69.7 cm³/mol. The van der Waals surface area contributed by atoms with Crippen LogP contribution in [0.5, 0.6) is 0 Å². The van der Waals surface area contributed by atoms with Gasteiger partial charge in [-0.05, 0) is 48.7 Å². The Kier molecular flexibility index (Phi) is 3.83. The molecule has 3 heteroatoms. The summed E-state index contributed by atoms with van der Waals surface area (Å²) in [7, 11) is 0. The molecule has 0 saturated heterocycles. The van der Waals surface area contributed by atoms with Gasteiger partial charge in [0.05, 0.1) is 0 Å². The van der Waals surface area contributed by atoms with Crippen LogP contribution in [-0.4, -0.2) is 18.2 Å². The number of carbonyl (C=O) groups excluding carboxylic acids is 1. The Balaban J connectivity index is 1.64. The Morgan fingerprint density at radius 3 is 2.69 bits per heavy atom. The van der Waals surface area contributed by atoms with Crippen LogP contribution in [0.4, 0.5) is 0 Å². The van der Waals surface area contributed by atoms with Crippen LogP contribution < -0.4 is 5.32 Å². The van der Waals surface area contributed by atoms with E-state index in [2.05, 4.69) is 24.9 Å². The van der Waals surface area contributed by atoms with Crippen LogP contribution in [-0.2, 0) is 4.79 Å². The third-order valence-electron chi connectivity index (χ3n) is 4.22. The molecule has 0 radical (unpaired) electrons. The topological polar surface area (TPSA) is 29.1 Å². The average molecular weight is 241 g/mol. The molecule has 2 rings (SSSR count). The molecule has 0 aromatic carbocycles. The molecule has 2 saturated carbocycles. The number of carbonyl (C=O) groups is 1. The Labute approximate surface area is 104 Å². The van der Waals surface area contributed by atoms with Crippen molar-refractivity contribution in [3.8, 4) is 0 Å². The second-order valence-electron chi connectivity index (χ2n) is 5.92. The highest BCUT2D eigenvalue weighted by molar-refractivity contribution is 7.80. The smallest absolute Gasteiger partial charge is 0.220 e. The number of nitrogens with one attached hydrogen (secondary N) is 1. The molecule has 2 fully saturated rings. The zero-order chi connectivity index (χ0) is 11.6. The van der Waals surface area contributed by atoms with E-state index in [0.29, 0.717) is 6.42 Å². The van der Waals surface area contributed by atoms with Gasteiger partial charge >= 0.3 is 0 Å². The van der Waals surface area contributed by atoms with Gasteiger partial charge in [0.15, 0.2) is 0 Å². The minimum Gasteiger partial charge on any atom is -0.356 e. The van der Waals surface area contributed by atoms with Gasteiger partial charge in [-0.3, -0.25) is 4.79 Å². The summed E-state index contributed by atoms with van der Waals surface area (Å²) in [5, 5.41) is 3.10. The summed E-state index contributed by atoms with van der Waals surface area (Å²) in [4.78, 5) is 11.8. The fourth-order valence-corrected chi connectivity index (χ4v) is 3.17. The summed E-state index contributed by atoms with van der Waals surface area (Å²) in [6.45, 7) is 3.20. The van der Waals surface area contributed by atoms with Crippen LogP contribution in [0.25, 0.3) is 0 Å². The molecular formula is C13H23NOS. The van der Waals surface area contributed by atoms with Crippen molar-refractivity contribution in [3.05, 3.63) is 0 Å². The first-order valence-corrected chi connectivity index (χ1v) is 7.14. The van der Waals surface area contributed by atoms with Crippen molar-refractivity contribution in [2.45, 2.75) is 45.4 Å². The standard InChI is InChI=1S/C13H23NOS/c1-10-2-3-11(6-10)8-14-12(15)7-13(9-16)4-5-13/h10-11,16H,2-9H2,1H3,(H,14,15). The maximum Gasteiger partial charge on any atom is 0.220 e. The van der Waals surface area contributed by atoms with E-state index in [4.69, 9.17) is 0 Å². The summed E-state index contributed by atoms with van der Waals surface area (Å²) in [5.74, 6) is 2.69. The first-order chi connectivity index (χ1) is 7.63. The SMILES string of the molecule is CC1CCC(CNC(=O)CC2(CS)CC2)C1. The molecule has 1 amide bonds. The van der Waals surface area contributed by atoms with Crippen molar-refractivity contribution in [2.24, 2.45) is 17.3 Å². The molecule has 0 aliphatic heterocycles. The van der Waals surface area contributed by atoms with Crippen LogP contribution >= 0.6 is 12.6 Å². The second kappa shape index (κ2) is 4.99. The van der Waals surface area contributed by atoms with E-state index in [0.717, 1.165) is 24.1 Å². The zero-order valence-corrected chi connectivity index (χ0v) is 11.1. The van der Waals surface area contributed by atoms with E-state index in [9.17, 15) is 4.79 Å². The van der Waals surface area contributed by atoms with Gasteiger partial charge in [0, 0.05) is 13.0 Å². The zero-order valence-electron chi connectivity index (χ0n) is 10.2. The van der Waals surface area contributed by atoms with Crippen LogP contribution in [0.2, 0.25) is 0 Å². The summed E-state index contributed by atoms with van der Waals surface area (Å²) in [5.41, 5.74) is 0.260. The van der Waals surface area contributed by atoms with E-state index >= 15 is 0 Å². The fourth-order valence-electron chi connectivity index (χ4n) is 2.74. The fraction of sp³-hybridized carbons (Fsp3) is 0.923. The molecule has 16 heavy (non-hydrogen) atoms. The van der Waals surface area contributed by atoms with E-state index in [1.54, 1.807) is 0 Å². The highest BCUT2D eigenvalue weighted by Gasteiger charge is 2.42. The minimum atomic E-state index is 0.242. The Hall–Kier alpha value is -0.180. The minimum absolute atomic E-state index is 0.242. The van der Waals surface area contributed by atoms with Crippen LogP contribution in [0.1, 0.15) is 45.4 Å². The number of amides is 1. The predicted octanol–water partition coefficient (Wildman–Crippen LogP) is 2.64. The van der Waals surface area contributed by atoms with Gasteiger partial charge in [-0.2, -0.15) is 12.6 Å². The lowest BCUT2D eigenvalue weighted by atomic mass is 10.0. The number of rotatable bonds is 5. The van der Waals surface area contributed by atoms with E-state index in [1.807, 2.05) is 0 Å². The second-order valence-corrected chi connectivity index (χ2v) is 6.24. The van der Waals surface area contributed by atoms with E-state index in [-0.39, 0.29) is 11.3 Å². The van der Waals surface area contributed by atoms with Crippen molar-refractivity contribution in [1.29, 1.82) is 0 Å². The van der Waals surface area contributed by atoms with Crippen molar-refractivity contribution in [1.82, 2.24) is 5.32 Å². The van der Waals surface area contributed by atoms with Gasteiger partial charge < -0.3 is 5.32 Å². The molecule has 0 aromatic rings. The first kappa shape index (κ1) is 12.3. The Bertz CT molecular complexity index is 263. The quantitative estimate of drug-likeness (QED) is 0.712. The van der Waals surface area contributed by atoms with Crippen LogP contribution in [0, 0.1) is 17.3 Å². The Morgan fingerprint density at radius 2 is 2.19 bits per heavy atom. The summed E-state index contributed by atoms with van der Waals surface area (Å²) >= 11 is 4.33. The molecule has 0 aromatic heterocycles. The third-order valence-corrected chi connectivity index (χ3v) is 4.89. The maximum absolute atomic E-state index is 11.8. The molecule has 0 spiro atoms. The molecule has 92 valence electrons. The monoisotopic (exact) mass is 241 g/mol. The average Bonchev–Trinajstić information content (AvgIpc) is 2.91. The van der Waals surface area contributed by atoms with E-state index in [1.165, 1.54) is 32.1 Å². The largest absolute Gasteiger partial charge is 0.356 e. The normalized spacial score (nSPS) is 31.4. The molecule has 0 heterocycles. The number of hydrogen-bond acceptors (Lipinski definition) is 2. The van der Waals surface area contributed by atoms with Gasteiger partial charge in [-0.25, -0.2) is 0 Å². The van der Waals surface area contributed by atoms with Gasteiger partial charge in [0.1, 0.15) is 0 Å². The molecule has 2 nitrogen and oxygen atoms in total. The van der Waals surface area contributed by atoms with Gasteiger partial charge in [-0.1, -0.05) is 13.3 Å². The highest BCUT2D eigenvalue weighted by Crippen LogP contribution is 2.49. The third kappa shape index (κ3) is 3.16. The lowest BCUT2D eigenvalue weighted by Gasteiger charge is -2.14. The van der Waals surface area contributed by atoms with Crippen molar-refractivity contribution >= 4 is 18.5 Å². The van der Waals surface area contributed by atoms with Crippen molar-refractivity contribution in [3.63, 3.8) is 0 Å². The molecule has 1 N–H and O–H groups in total. The van der Waals surface area contributed by atoms with Crippen LogP contribution in [0.15, 0.2) is 0 Å².